The maximum Gasteiger partial charge on any atom is 0.329 e. The molecule has 1 aliphatic carbocycles. The first-order valence-corrected chi connectivity index (χ1v) is 13.4. The molecule has 0 aromatic carbocycles. The van der Waals surface area contributed by atoms with Crippen molar-refractivity contribution >= 4 is 17.8 Å². The van der Waals surface area contributed by atoms with Crippen LogP contribution in [0.2, 0.25) is 0 Å². The summed E-state index contributed by atoms with van der Waals surface area (Å²) in [5, 5.41) is 2.74. The zero-order chi connectivity index (χ0) is 27.5. The lowest BCUT2D eigenvalue weighted by molar-refractivity contribution is -0.171. The normalized spacial score (nSPS) is 24.5. The average molecular weight is 537 g/mol. The highest BCUT2D eigenvalue weighted by molar-refractivity contribution is 5.98. The maximum atomic E-state index is 13.2. The van der Waals surface area contributed by atoms with E-state index in [1.54, 1.807) is 6.92 Å². The molecule has 11 heteroatoms. The van der Waals surface area contributed by atoms with E-state index in [4.69, 9.17) is 28.4 Å². The molecule has 1 aromatic rings. The van der Waals surface area contributed by atoms with Crippen molar-refractivity contribution in [2.24, 2.45) is 0 Å². The van der Waals surface area contributed by atoms with Crippen LogP contribution in [0.15, 0.2) is 12.3 Å². The van der Waals surface area contributed by atoms with Crippen molar-refractivity contribution in [2.45, 2.75) is 103 Å². The molecule has 1 saturated heterocycles. The van der Waals surface area contributed by atoms with Crippen molar-refractivity contribution in [3.8, 4) is 11.5 Å². The summed E-state index contributed by atoms with van der Waals surface area (Å²) >= 11 is 0. The van der Waals surface area contributed by atoms with E-state index in [2.05, 4.69) is 10.3 Å². The fraction of sp³-hybridized carbons (Fsp3) is 0.704. The summed E-state index contributed by atoms with van der Waals surface area (Å²) in [6, 6.07) is 0.604. The van der Waals surface area contributed by atoms with Gasteiger partial charge in [-0.1, -0.05) is 19.8 Å². The second-order valence-corrected chi connectivity index (χ2v) is 9.60. The van der Waals surface area contributed by atoms with Crippen molar-refractivity contribution in [3.05, 3.63) is 18.0 Å². The van der Waals surface area contributed by atoms with Gasteiger partial charge >= 0.3 is 11.9 Å². The van der Waals surface area contributed by atoms with Crippen LogP contribution in [0.3, 0.4) is 0 Å². The number of amides is 1. The van der Waals surface area contributed by atoms with E-state index >= 15 is 0 Å². The molecule has 0 unspecified atom stereocenters. The standard InChI is InChI=1S/C27H40N2O9/c1-5-15-34-24-17(2)37-27(32)20(11-8-12-22(24)38-19-9-6-7-10-19)29-26(31)23-25(36-16-35-18(3)30)21(33-4)13-14-28-23/h13-14,17,19-20,22,24H,5-12,15-16H2,1-4H3,(H,29,31)/t17-,20-,22-,24-/m0/s1. The number of cyclic esters (lactones) is 1. The highest BCUT2D eigenvalue weighted by Crippen LogP contribution is 2.31. The minimum atomic E-state index is -0.906. The number of nitrogens with zero attached hydrogens (tertiary/aromatic N) is 1. The van der Waals surface area contributed by atoms with Gasteiger partial charge in [-0.3, -0.25) is 9.59 Å². The molecule has 0 spiro atoms. The number of methoxy groups -OCH3 is 1. The van der Waals surface area contributed by atoms with Crippen LogP contribution in [0, 0.1) is 0 Å². The monoisotopic (exact) mass is 536 g/mol. The molecule has 0 radical (unpaired) electrons. The lowest BCUT2D eigenvalue weighted by Crippen LogP contribution is -2.46. The van der Waals surface area contributed by atoms with Gasteiger partial charge in [0, 0.05) is 25.8 Å². The van der Waals surface area contributed by atoms with Gasteiger partial charge in [-0.25, -0.2) is 9.78 Å². The highest BCUT2D eigenvalue weighted by atomic mass is 16.7. The predicted octanol–water partition coefficient (Wildman–Crippen LogP) is 3.33. The molecule has 11 nitrogen and oxygen atoms in total. The molecule has 2 fully saturated rings. The van der Waals surface area contributed by atoms with Crippen molar-refractivity contribution in [2.75, 3.05) is 20.5 Å². The molecular weight excluding hydrogens is 496 g/mol. The maximum absolute atomic E-state index is 13.2. The van der Waals surface area contributed by atoms with E-state index in [1.165, 1.54) is 26.3 Å². The lowest BCUT2D eigenvalue weighted by atomic mass is 10.0. The van der Waals surface area contributed by atoms with Gasteiger partial charge in [0.15, 0.2) is 17.2 Å². The van der Waals surface area contributed by atoms with Crippen LogP contribution in [-0.2, 0) is 28.5 Å². The van der Waals surface area contributed by atoms with Crippen LogP contribution in [0.1, 0.15) is 82.6 Å². The summed E-state index contributed by atoms with van der Waals surface area (Å²) in [5.41, 5.74) is -0.108. The number of aromatic nitrogens is 1. The quantitative estimate of drug-likeness (QED) is 0.332. The molecule has 1 N–H and O–H groups in total. The predicted molar refractivity (Wildman–Crippen MR) is 136 cm³/mol. The minimum Gasteiger partial charge on any atom is -0.493 e. The van der Waals surface area contributed by atoms with Crippen LogP contribution >= 0.6 is 0 Å². The summed E-state index contributed by atoms with van der Waals surface area (Å²) in [5.74, 6) is -1.52. The molecule has 212 valence electrons. The Bertz CT molecular complexity index is 935. The minimum absolute atomic E-state index is 0.00314. The van der Waals surface area contributed by atoms with Gasteiger partial charge in [0.05, 0.1) is 19.3 Å². The second-order valence-electron chi connectivity index (χ2n) is 9.60. The third-order valence-electron chi connectivity index (χ3n) is 6.66. The zero-order valence-electron chi connectivity index (χ0n) is 22.7. The van der Waals surface area contributed by atoms with Gasteiger partial charge in [0.2, 0.25) is 6.79 Å². The molecular formula is C27H40N2O9. The van der Waals surface area contributed by atoms with Gasteiger partial charge in [-0.05, 0) is 45.4 Å². The summed E-state index contributed by atoms with van der Waals surface area (Å²) in [6.45, 7) is 5.18. The molecule has 38 heavy (non-hydrogen) atoms. The van der Waals surface area contributed by atoms with E-state index < -0.39 is 42.9 Å². The van der Waals surface area contributed by atoms with E-state index in [0.29, 0.717) is 25.9 Å². The van der Waals surface area contributed by atoms with Crippen LogP contribution in [0.25, 0.3) is 0 Å². The number of esters is 2. The van der Waals surface area contributed by atoms with E-state index in [0.717, 1.165) is 32.1 Å². The third-order valence-corrected chi connectivity index (χ3v) is 6.66. The molecule has 3 rings (SSSR count). The number of nitrogens with one attached hydrogen (secondary N) is 1. The van der Waals surface area contributed by atoms with Crippen molar-refractivity contribution in [1.82, 2.24) is 10.3 Å². The van der Waals surface area contributed by atoms with Crippen molar-refractivity contribution in [3.63, 3.8) is 0 Å². The van der Waals surface area contributed by atoms with E-state index in [-0.39, 0.29) is 29.4 Å². The van der Waals surface area contributed by atoms with E-state index in [1.807, 2.05) is 6.92 Å². The number of carbonyl (C=O) groups excluding carboxylic acids is 3. The number of hydrogen-bond donors (Lipinski definition) is 1. The molecule has 2 heterocycles. The Morgan fingerprint density at radius 2 is 1.92 bits per heavy atom. The van der Waals surface area contributed by atoms with Crippen LogP contribution in [0.4, 0.5) is 0 Å². The third kappa shape index (κ3) is 8.29. The van der Waals surface area contributed by atoms with E-state index in [9.17, 15) is 14.4 Å². The van der Waals surface area contributed by atoms with Crippen LogP contribution in [-0.4, -0.2) is 73.8 Å². The number of pyridine rings is 1. The number of hydrogen-bond acceptors (Lipinski definition) is 10. The molecule has 1 aliphatic heterocycles. The molecule has 2 aliphatic rings. The Balaban J connectivity index is 1.74. The second kappa shape index (κ2) is 14.9. The molecule has 1 aromatic heterocycles. The zero-order valence-corrected chi connectivity index (χ0v) is 22.7. The molecule has 1 saturated carbocycles. The Morgan fingerprint density at radius 3 is 2.61 bits per heavy atom. The summed E-state index contributed by atoms with van der Waals surface area (Å²) in [7, 11) is 1.41. The average Bonchev–Trinajstić information content (AvgIpc) is 3.41. The fourth-order valence-corrected chi connectivity index (χ4v) is 4.78. The largest absolute Gasteiger partial charge is 0.493 e. The SMILES string of the molecule is CCCO[C@H]1[C@H](C)OC(=O)[C@@H](NC(=O)c2nccc(OC)c2OCOC(C)=O)CCC[C@@H]1OC1CCCC1. The van der Waals surface area contributed by atoms with Crippen molar-refractivity contribution in [1.29, 1.82) is 0 Å². The molecule has 1 amide bonds. The number of rotatable bonds is 11. The Morgan fingerprint density at radius 1 is 1.16 bits per heavy atom. The first-order chi connectivity index (χ1) is 18.3. The Hall–Kier alpha value is -2.92. The first-order valence-electron chi connectivity index (χ1n) is 13.4. The molecule has 0 bridgehead atoms. The van der Waals surface area contributed by atoms with Gasteiger partial charge in [0.25, 0.3) is 5.91 Å². The lowest BCUT2D eigenvalue weighted by Gasteiger charge is -2.32. The summed E-state index contributed by atoms with van der Waals surface area (Å²) in [6.07, 6.45) is 7.27. The van der Waals surface area contributed by atoms with Crippen LogP contribution in [0.5, 0.6) is 11.5 Å². The summed E-state index contributed by atoms with van der Waals surface area (Å²) < 4.78 is 34.0. The smallest absolute Gasteiger partial charge is 0.329 e. The van der Waals surface area contributed by atoms with Crippen molar-refractivity contribution < 1.29 is 42.8 Å². The van der Waals surface area contributed by atoms with Gasteiger partial charge in [0.1, 0.15) is 18.2 Å². The Labute approximate surface area is 223 Å². The highest BCUT2D eigenvalue weighted by Gasteiger charge is 2.37. The van der Waals surface area contributed by atoms with Gasteiger partial charge < -0.3 is 33.7 Å². The number of ether oxygens (including phenoxy) is 6. The topological polar surface area (TPSA) is 132 Å². The fourth-order valence-electron chi connectivity index (χ4n) is 4.78. The van der Waals surface area contributed by atoms with Gasteiger partial charge in [-0.15, -0.1) is 0 Å². The van der Waals surface area contributed by atoms with Crippen LogP contribution < -0.4 is 14.8 Å². The Kier molecular flexibility index (Phi) is 11.6. The summed E-state index contributed by atoms with van der Waals surface area (Å²) in [4.78, 5) is 41.6. The number of carbonyl (C=O) groups is 3. The molecule has 4 atom stereocenters. The first kappa shape index (κ1) is 29.6. The van der Waals surface area contributed by atoms with Gasteiger partial charge in [-0.2, -0.15) is 0 Å².